The van der Waals surface area contributed by atoms with Crippen LogP contribution in [0.15, 0.2) is 0 Å². The van der Waals surface area contributed by atoms with E-state index in [1.807, 2.05) is 25.7 Å². The summed E-state index contributed by atoms with van der Waals surface area (Å²) in [6.45, 7) is 8.26. The van der Waals surface area contributed by atoms with Gasteiger partial charge < -0.3 is 20.1 Å². The van der Waals surface area contributed by atoms with E-state index in [1.165, 1.54) is 0 Å². The molecule has 1 amide bonds. The second kappa shape index (κ2) is 7.64. The van der Waals surface area contributed by atoms with Gasteiger partial charge in [-0.2, -0.15) is 0 Å². The number of amides is 1. The molecule has 2 aliphatic rings. The lowest BCUT2D eigenvalue weighted by Crippen LogP contribution is -2.38. The van der Waals surface area contributed by atoms with E-state index in [9.17, 15) is 9.90 Å². The molecule has 0 spiro atoms. The Morgan fingerprint density at radius 1 is 1.23 bits per heavy atom. The highest BCUT2D eigenvalue weighted by Gasteiger charge is 2.26. The summed E-state index contributed by atoms with van der Waals surface area (Å²) in [4.78, 5) is 14.0. The maximum Gasteiger partial charge on any atom is 0.410 e. The number of carbonyl (C=O) groups is 1. The molecular weight excluding hydrogens is 280 g/mol. The van der Waals surface area contributed by atoms with Crippen molar-refractivity contribution >= 4 is 6.09 Å². The first kappa shape index (κ1) is 17.5. The summed E-state index contributed by atoms with van der Waals surface area (Å²) < 4.78 is 5.46. The number of nitrogens with zero attached hydrogens (tertiary/aromatic N) is 1. The van der Waals surface area contributed by atoms with E-state index in [1.54, 1.807) is 0 Å². The van der Waals surface area contributed by atoms with Crippen LogP contribution in [0.2, 0.25) is 0 Å². The number of aliphatic hydroxyl groups excluding tert-OH is 1. The normalized spacial score (nSPS) is 30.2. The quantitative estimate of drug-likeness (QED) is 0.840. The van der Waals surface area contributed by atoms with E-state index in [0.29, 0.717) is 12.0 Å². The van der Waals surface area contributed by atoms with Gasteiger partial charge in [0.15, 0.2) is 0 Å². The molecule has 1 saturated heterocycles. The molecule has 0 aromatic heterocycles. The molecule has 1 aliphatic heterocycles. The first-order valence-electron chi connectivity index (χ1n) is 8.73. The first-order chi connectivity index (χ1) is 10.3. The van der Waals surface area contributed by atoms with Crippen molar-refractivity contribution in [2.45, 2.75) is 77.0 Å². The highest BCUT2D eigenvalue weighted by Crippen LogP contribution is 2.25. The molecule has 5 heteroatoms. The second-order valence-electron chi connectivity index (χ2n) is 7.84. The van der Waals surface area contributed by atoms with Crippen molar-refractivity contribution in [1.82, 2.24) is 10.2 Å². The third kappa shape index (κ3) is 5.76. The minimum atomic E-state index is -0.426. The summed E-state index contributed by atoms with van der Waals surface area (Å²) >= 11 is 0. The first-order valence-corrected chi connectivity index (χ1v) is 8.73. The molecule has 3 unspecified atom stereocenters. The molecule has 0 bridgehead atoms. The average molecular weight is 312 g/mol. The van der Waals surface area contributed by atoms with E-state index in [-0.39, 0.29) is 12.2 Å². The fourth-order valence-corrected chi connectivity index (χ4v) is 3.38. The Balaban J connectivity index is 1.71. The van der Waals surface area contributed by atoms with Gasteiger partial charge in [0.2, 0.25) is 0 Å². The molecule has 1 aliphatic carbocycles. The van der Waals surface area contributed by atoms with Gasteiger partial charge in [0.05, 0.1) is 6.10 Å². The molecule has 0 aromatic rings. The molecule has 1 saturated carbocycles. The van der Waals surface area contributed by atoms with Crippen molar-refractivity contribution in [3.63, 3.8) is 0 Å². The van der Waals surface area contributed by atoms with Gasteiger partial charge >= 0.3 is 6.09 Å². The summed E-state index contributed by atoms with van der Waals surface area (Å²) in [5.41, 5.74) is -0.426. The monoisotopic (exact) mass is 312 g/mol. The predicted octanol–water partition coefficient (Wildman–Crippen LogP) is 2.53. The summed E-state index contributed by atoms with van der Waals surface area (Å²) in [6, 6.07) is 0.477. The minimum absolute atomic E-state index is 0.0939. The fraction of sp³-hybridized carbons (Fsp3) is 0.941. The van der Waals surface area contributed by atoms with E-state index >= 15 is 0 Å². The van der Waals surface area contributed by atoms with Gasteiger partial charge in [-0.25, -0.2) is 4.79 Å². The third-order valence-electron chi connectivity index (χ3n) is 4.59. The second-order valence-corrected chi connectivity index (χ2v) is 7.84. The molecule has 2 N–H and O–H groups in total. The smallest absolute Gasteiger partial charge is 0.410 e. The Morgan fingerprint density at radius 3 is 2.64 bits per heavy atom. The van der Waals surface area contributed by atoms with Gasteiger partial charge in [0.1, 0.15) is 5.60 Å². The van der Waals surface area contributed by atoms with Gasteiger partial charge in [0, 0.05) is 19.1 Å². The standard InChI is InChI=1S/C17H32N2O3/c1-17(2,3)22-16(21)19-9-4-5-14(8-10-19)18-12-13-6-7-15(20)11-13/h13-15,18,20H,4-12H2,1-3H3. The molecule has 2 rings (SSSR count). The van der Waals surface area contributed by atoms with Crippen molar-refractivity contribution < 1.29 is 14.6 Å². The Morgan fingerprint density at radius 2 is 2.00 bits per heavy atom. The molecule has 2 fully saturated rings. The van der Waals surface area contributed by atoms with Crippen LogP contribution >= 0.6 is 0 Å². The van der Waals surface area contributed by atoms with Crippen LogP contribution in [0.4, 0.5) is 4.79 Å². The van der Waals surface area contributed by atoms with Crippen molar-refractivity contribution in [2.75, 3.05) is 19.6 Å². The lowest BCUT2D eigenvalue weighted by Gasteiger charge is -2.26. The number of nitrogens with one attached hydrogen (secondary N) is 1. The topological polar surface area (TPSA) is 61.8 Å². The van der Waals surface area contributed by atoms with Crippen LogP contribution in [-0.4, -0.2) is 53.5 Å². The molecule has 5 nitrogen and oxygen atoms in total. The minimum Gasteiger partial charge on any atom is -0.444 e. The molecule has 1 heterocycles. The van der Waals surface area contributed by atoms with Crippen LogP contribution in [0.3, 0.4) is 0 Å². The van der Waals surface area contributed by atoms with Crippen LogP contribution < -0.4 is 5.32 Å². The maximum absolute atomic E-state index is 12.1. The Hall–Kier alpha value is -0.810. The van der Waals surface area contributed by atoms with Crippen molar-refractivity contribution in [1.29, 1.82) is 0 Å². The number of hydrogen-bond donors (Lipinski definition) is 2. The van der Waals surface area contributed by atoms with Crippen LogP contribution in [-0.2, 0) is 4.74 Å². The molecule has 128 valence electrons. The Kier molecular flexibility index (Phi) is 6.09. The molecule has 0 aromatic carbocycles. The predicted molar refractivity (Wildman–Crippen MR) is 86.8 cm³/mol. The maximum atomic E-state index is 12.1. The number of carbonyl (C=O) groups excluding carboxylic acids is 1. The van der Waals surface area contributed by atoms with Gasteiger partial charge in [-0.05, 0) is 71.8 Å². The van der Waals surface area contributed by atoms with Gasteiger partial charge in [-0.1, -0.05) is 0 Å². The molecule has 0 radical (unpaired) electrons. The average Bonchev–Trinajstić information content (AvgIpc) is 2.69. The summed E-state index contributed by atoms with van der Waals surface area (Å²) in [7, 11) is 0. The van der Waals surface area contributed by atoms with Crippen LogP contribution in [0.5, 0.6) is 0 Å². The lowest BCUT2D eigenvalue weighted by atomic mass is 10.1. The highest BCUT2D eigenvalue weighted by atomic mass is 16.6. The molecular formula is C17H32N2O3. The zero-order valence-electron chi connectivity index (χ0n) is 14.3. The fourth-order valence-electron chi connectivity index (χ4n) is 3.38. The van der Waals surface area contributed by atoms with E-state index in [4.69, 9.17) is 4.74 Å². The number of rotatable bonds is 3. The zero-order valence-corrected chi connectivity index (χ0v) is 14.3. The van der Waals surface area contributed by atoms with Crippen molar-refractivity contribution in [3.8, 4) is 0 Å². The highest BCUT2D eigenvalue weighted by molar-refractivity contribution is 5.68. The van der Waals surface area contributed by atoms with E-state index in [0.717, 1.165) is 58.2 Å². The Labute approximate surface area is 134 Å². The van der Waals surface area contributed by atoms with Crippen LogP contribution in [0, 0.1) is 5.92 Å². The molecule has 3 atom stereocenters. The van der Waals surface area contributed by atoms with Crippen molar-refractivity contribution in [3.05, 3.63) is 0 Å². The van der Waals surface area contributed by atoms with Crippen LogP contribution in [0.25, 0.3) is 0 Å². The third-order valence-corrected chi connectivity index (χ3v) is 4.59. The Bertz CT molecular complexity index is 367. The zero-order chi connectivity index (χ0) is 16.2. The lowest BCUT2D eigenvalue weighted by molar-refractivity contribution is 0.0256. The van der Waals surface area contributed by atoms with E-state index < -0.39 is 5.60 Å². The number of likely N-dealkylation sites (tertiary alicyclic amines) is 1. The number of aliphatic hydroxyl groups is 1. The number of ether oxygens (including phenoxy) is 1. The summed E-state index contributed by atoms with van der Waals surface area (Å²) in [5, 5.41) is 13.2. The van der Waals surface area contributed by atoms with Crippen molar-refractivity contribution in [2.24, 2.45) is 5.92 Å². The number of hydrogen-bond acceptors (Lipinski definition) is 4. The van der Waals surface area contributed by atoms with Gasteiger partial charge in [-0.15, -0.1) is 0 Å². The summed E-state index contributed by atoms with van der Waals surface area (Å²) in [5.74, 6) is 0.611. The van der Waals surface area contributed by atoms with E-state index in [2.05, 4.69) is 5.32 Å². The largest absolute Gasteiger partial charge is 0.444 e. The summed E-state index contributed by atoms with van der Waals surface area (Å²) in [6.07, 6.45) is 5.83. The van der Waals surface area contributed by atoms with Crippen LogP contribution in [0.1, 0.15) is 59.3 Å². The molecule has 22 heavy (non-hydrogen) atoms. The SMILES string of the molecule is CC(C)(C)OC(=O)N1CCCC(NCC2CCC(O)C2)CC1. The van der Waals surface area contributed by atoms with Gasteiger partial charge in [0.25, 0.3) is 0 Å². The van der Waals surface area contributed by atoms with Gasteiger partial charge in [-0.3, -0.25) is 0 Å².